The second-order valence-electron chi connectivity index (χ2n) is 6.57. The minimum Gasteiger partial charge on any atom is -0.496 e. The molecule has 0 aromatic heterocycles. The molecule has 0 bridgehead atoms. The molecule has 1 amide bonds. The number of carbonyl (C=O) groups is 1. The molecule has 4 nitrogen and oxygen atoms in total. The summed E-state index contributed by atoms with van der Waals surface area (Å²) >= 11 is 0. The molecule has 0 aliphatic carbocycles. The number of hydrogen-bond acceptors (Lipinski definition) is 3. The second-order valence-corrected chi connectivity index (χ2v) is 6.57. The predicted molar refractivity (Wildman–Crippen MR) is 93.7 cm³/mol. The fourth-order valence-electron chi connectivity index (χ4n) is 3.47. The van der Waals surface area contributed by atoms with Gasteiger partial charge < -0.3 is 14.4 Å². The van der Waals surface area contributed by atoms with E-state index in [1.807, 2.05) is 19.1 Å². The Morgan fingerprint density at radius 1 is 1.14 bits per heavy atom. The summed E-state index contributed by atoms with van der Waals surface area (Å²) in [4.78, 5) is 13.8. The first-order valence-corrected chi connectivity index (χ1v) is 8.62. The van der Waals surface area contributed by atoms with Crippen LogP contribution in [-0.2, 0) is 11.3 Å². The van der Waals surface area contributed by atoms with Crippen LogP contribution in [0.4, 0.5) is 17.6 Å². The zero-order valence-corrected chi connectivity index (χ0v) is 15.3. The highest BCUT2D eigenvalue weighted by Gasteiger charge is 2.42. The summed E-state index contributed by atoms with van der Waals surface area (Å²) in [6.45, 7) is 1.92. The molecule has 1 saturated heterocycles. The molecule has 1 fully saturated rings. The number of benzene rings is 2. The first-order valence-electron chi connectivity index (χ1n) is 8.62. The van der Waals surface area contributed by atoms with E-state index < -0.39 is 24.5 Å². The fraction of sp³-hybridized carbons (Fsp3) is 0.350. The van der Waals surface area contributed by atoms with E-state index in [0.29, 0.717) is 11.3 Å². The fourth-order valence-corrected chi connectivity index (χ4v) is 3.47. The van der Waals surface area contributed by atoms with Crippen LogP contribution in [0.15, 0.2) is 42.5 Å². The standard InChI is InChI=1S/C20H19F4NO3/c1-12-4-3-5-17(27-2)18(12)16-10-15(21)19(26)25(16)11-13-6-8-14(9-7-13)28-20(22,23)24/h3-9,15-16H,10-11H2,1-2H3/t15-,16+/m0/s1. The highest BCUT2D eigenvalue weighted by Crippen LogP contribution is 2.41. The van der Waals surface area contributed by atoms with Crippen molar-refractivity contribution in [1.82, 2.24) is 4.90 Å². The first kappa shape index (κ1) is 20.0. The summed E-state index contributed by atoms with van der Waals surface area (Å²) in [7, 11) is 1.51. The van der Waals surface area contributed by atoms with E-state index in [2.05, 4.69) is 4.74 Å². The molecule has 0 saturated carbocycles. The Labute approximate surface area is 159 Å². The van der Waals surface area contributed by atoms with Crippen LogP contribution in [-0.4, -0.2) is 30.5 Å². The number of halogens is 4. The van der Waals surface area contributed by atoms with Gasteiger partial charge in [-0.2, -0.15) is 0 Å². The number of methoxy groups -OCH3 is 1. The van der Waals surface area contributed by atoms with E-state index in [1.54, 1.807) is 6.07 Å². The molecule has 0 N–H and O–H groups in total. The maximum Gasteiger partial charge on any atom is 0.573 e. The molecule has 1 heterocycles. The Morgan fingerprint density at radius 3 is 2.43 bits per heavy atom. The highest BCUT2D eigenvalue weighted by molar-refractivity contribution is 5.84. The number of carbonyl (C=O) groups excluding carboxylic acids is 1. The highest BCUT2D eigenvalue weighted by atomic mass is 19.4. The quantitative estimate of drug-likeness (QED) is 0.686. The third kappa shape index (κ3) is 4.21. The Bertz CT molecular complexity index is 852. The molecular weight excluding hydrogens is 378 g/mol. The average molecular weight is 397 g/mol. The monoisotopic (exact) mass is 397 g/mol. The van der Waals surface area contributed by atoms with Crippen molar-refractivity contribution < 1.29 is 31.8 Å². The molecule has 1 aliphatic rings. The van der Waals surface area contributed by atoms with Crippen LogP contribution >= 0.6 is 0 Å². The molecule has 8 heteroatoms. The van der Waals surface area contributed by atoms with Crippen molar-refractivity contribution in [2.24, 2.45) is 0 Å². The Kier molecular flexibility index (Phi) is 5.49. The third-order valence-corrected chi connectivity index (χ3v) is 4.70. The molecule has 150 valence electrons. The normalized spacial score (nSPS) is 19.8. The summed E-state index contributed by atoms with van der Waals surface area (Å²) in [5.41, 5.74) is 2.16. The molecule has 3 rings (SSSR count). The van der Waals surface area contributed by atoms with Crippen molar-refractivity contribution in [1.29, 1.82) is 0 Å². The van der Waals surface area contributed by atoms with Crippen LogP contribution in [0.5, 0.6) is 11.5 Å². The maximum absolute atomic E-state index is 14.2. The van der Waals surface area contributed by atoms with Gasteiger partial charge in [0, 0.05) is 18.5 Å². The van der Waals surface area contributed by atoms with Gasteiger partial charge in [-0.15, -0.1) is 13.2 Å². The topological polar surface area (TPSA) is 38.8 Å². The number of ether oxygens (including phenoxy) is 2. The van der Waals surface area contributed by atoms with E-state index in [0.717, 1.165) is 11.1 Å². The van der Waals surface area contributed by atoms with Gasteiger partial charge in [-0.3, -0.25) is 4.79 Å². The van der Waals surface area contributed by atoms with Crippen LogP contribution in [0.2, 0.25) is 0 Å². The zero-order chi connectivity index (χ0) is 20.5. The Morgan fingerprint density at radius 2 is 1.82 bits per heavy atom. The smallest absolute Gasteiger partial charge is 0.496 e. The molecule has 0 spiro atoms. The number of nitrogens with zero attached hydrogens (tertiary/aromatic N) is 1. The molecular formula is C20H19F4NO3. The third-order valence-electron chi connectivity index (χ3n) is 4.70. The minimum absolute atomic E-state index is 0.00465. The number of aryl methyl sites for hydroxylation is 1. The van der Waals surface area contributed by atoms with E-state index in [4.69, 9.17) is 4.74 Å². The Hall–Kier alpha value is -2.77. The van der Waals surface area contributed by atoms with Gasteiger partial charge in [-0.25, -0.2) is 4.39 Å². The summed E-state index contributed by atoms with van der Waals surface area (Å²) < 4.78 is 60.3. The number of rotatable bonds is 5. The zero-order valence-electron chi connectivity index (χ0n) is 15.3. The lowest BCUT2D eigenvalue weighted by Gasteiger charge is -2.27. The van der Waals surface area contributed by atoms with E-state index in [-0.39, 0.29) is 18.7 Å². The molecule has 0 radical (unpaired) electrons. The van der Waals surface area contributed by atoms with Crippen LogP contribution in [0.3, 0.4) is 0 Å². The lowest BCUT2D eigenvalue weighted by molar-refractivity contribution is -0.274. The van der Waals surface area contributed by atoms with Crippen LogP contribution in [0, 0.1) is 6.92 Å². The molecule has 2 atom stereocenters. The van der Waals surface area contributed by atoms with Crippen molar-refractivity contribution in [3.63, 3.8) is 0 Å². The number of likely N-dealkylation sites (tertiary alicyclic amines) is 1. The van der Waals surface area contributed by atoms with Gasteiger partial charge in [-0.05, 0) is 36.2 Å². The van der Waals surface area contributed by atoms with Gasteiger partial charge in [0.25, 0.3) is 5.91 Å². The van der Waals surface area contributed by atoms with E-state index >= 15 is 0 Å². The van der Waals surface area contributed by atoms with Crippen LogP contribution < -0.4 is 9.47 Å². The molecule has 28 heavy (non-hydrogen) atoms. The summed E-state index contributed by atoms with van der Waals surface area (Å²) in [5.74, 6) is -0.443. The van der Waals surface area contributed by atoms with E-state index in [1.165, 1.54) is 36.3 Å². The van der Waals surface area contributed by atoms with Crippen molar-refractivity contribution in [3.05, 3.63) is 59.2 Å². The van der Waals surface area contributed by atoms with Crippen LogP contribution in [0.25, 0.3) is 0 Å². The molecule has 2 aromatic rings. The minimum atomic E-state index is -4.78. The SMILES string of the molecule is COc1cccc(C)c1[C@H]1C[C@H](F)C(=O)N1Cc1ccc(OC(F)(F)F)cc1. The second kappa shape index (κ2) is 7.69. The van der Waals surface area contributed by atoms with E-state index in [9.17, 15) is 22.4 Å². The lowest BCUT2D eigenvalue weighted by atomic mass is 9.97. The van der Waals surface area contributed by atoms with Crippen molar-refractivity contribution in [3.8, 4) is 11.5 Å². The first-order chi connectivity index (χ1) is 13.2. The van der Waals surface area contributed by atoms with Gasteiger partial charge in [0.1, 0.15) is 11.5 Å². The molecule has 2 aromatic carbocycles. The van der Waals surface area contributed by atoms with Gasteiger partial charge in [0.2, 0.25) is 0 Å². The lowest BCUT2D eigenvalue weighted by Crippen LogP contribution is -2.30. The van der Waals surface area contributed by atoms with Gasteiger partial charge in [0.05, 0.1) is 13.2 Å². The van der Waals surface area contributed by atoms with Gasteiger partial charge in [-0.1, -0.05) is 24.3 Å². The summed E-state index contributed by atoms with van der Waals surface area (Å²) in [6, 6.07) is 10.1. The largest absolute Gasteiger partial charge is 0.573 e. The Balaban J connectivity index is 1.86. The molecule has 0 unspecified atom stereocenters. The van der Waals surface area contributed by atoms with Crippen molar-refractivity contribution in [2.45, 2.75) is 38.5 Å². The number of amides is 1. The average Bonchev–Trinajstić information content (AvgIpc) is 2.90. The maximum atomic E-state index is 14.2. The van der Waals surface area contributed by atoms with Gasteiger partial charge in [0.15, 0.2) is 6.17 Å². The van der Waals surface area contributed by atoms with Crippen molar-refractivity contribution in [2.75, 3.05) is 7.11 Å². The summed E-state index contributed by atoms with van der Waals surface area (Å²) in [5, 5.41) is 0. The van der Waals surface area contributed by atoms with Gasteiger partial charge >= 0.3 is 6.36 Å². The predicted octanol–water partition coefficient (Wildman–Crippen LogP) is 4.71. The van der Waals surface area contributed by atoms with Crippen LogP contribution in [0.1, 0.15) is 29.2 Å². The number of alkyl halides is 4. The number of hydrogen-bond donors (Lipinski definition) is 0. The van der Waals surface area contributed by atoms with Crippen molar-refractivity contribution >= 4 is 5.91 Å². The summed E-state index contributed by atoms with van der Waals surface area (Å²) in [6.07, 6.45) is -6.42. The molecule has 1 aliphatic heterocycles.